The Hall–Kier alpha value is -0.560. The fraction of sp³-hybridized carbons (Fsp3) is 0.714. The minimum absolute atomic E-state index is 0.433. The fourth-order valence-corrected chi connectivity index (χ4v) is 3.43. The van der Waals surface area contributed by atoms with Gasteiger partial charge in [-0.2, -0.15) is 0 Å². The van der Waals surface area contributed by atoms with Crippen LogP contribution in [0.15, 0.2) is 23.8 Å². The average molecular weight is 205 g/mol. The van der Waals surface area contributed by atoms with Gasteiger partial charge >= 0.3 is 0 Å². The minimum atomic E-state index is 0.433. The highest BCUT2D eigenvalue weighted by Gasteiger charge is 2.40. The van der Waals surface area contributed by atoms with Gasteiger partial charge in [-0.3, -0.25) is 4.90 Å². The van der Waals surface area contributed by atoms with Crippen molar-refractivity contribution in [2.75, 3.05) is 13.1 Å². The van der Waals surface area contributed by atoms with Crippen molar-refractivity contribution in [3.8, 4) is 0 Å². The molecule has 2 heterocycles. The second kappa shape index (κ2) is 4.13. The van der Waals surface area contributed by atoms with Gasteiger partial charge in [-0.25, -0.2) is 0 Å². The second-order valence-corrected chi connectivity index (χ2v) is 5.46. The van der Waals surface area contributed by atoms with E-state index >= 15 is 0 Å². The van der Waals surface area contributed by atoms with Crippen LogP contribution in [0.1, 0.15) is 46.0 Å². The maximum Gasteiger partial charge on any atom is 0.0283 e. The largest absolute Gasteiger partial charge is 0.297 e. The first-order valence-corrected chi connectivity index (χ1v) is 6.17. The van der Waals surface area contributed by atoms with E-state index < -0.39 is 0 Å². The van der Waals surface area contributed by atoms with Crippen LogP contribution in [-0.2, 0) is 0 Å². The van der Waals surface area contributed by atoms with Gasteiger partial charge in [-0.1, -0.05) is 17.2 Å². The summed E-state index contributed by atoms with van der Waals surface area (Å²) in [4.78, 5) is 2.72. The maximum atomic E-state index is 4.11. The molecule has 1 atom stereocenters. The SMILES string of the molecule is C=C(C)C[C@]12CCCN1CCC=C(C)C2. The zero-order valence-electron chi connectivity index (χ0n) is 10.2. The van der Waals surface area contributed by atoms with E-state index in [-0.39, 0.29) is 0 Å². The van der Waals surface area contributed by atoms with E-state index in [1.165, 1.54) is 50.8 Å². The molecule has 0 bridgehead atoms. The molecule has 1 nitrogen and oxygen atoms in total. The molecule has 0 aromatic rings. The van der Waals surface area contributed by atoms with Crippen LogP contribution in [0.2, 0.25) is 0 Å². The standard InChI is InChI=1S/C14H23N/c1-12(2)10-14-7-5-9-15(14)8-4-6-13(3)11-14/h6H,1,4-5,7-11H2,2-3H3/t14-/m0/s1. The van der Waals surface area contributed by atoms with Crippen molar-refractivity contribution >= 4 is 0 Å². The van der Waals surface area contributed by atoms with E-state index in [0.717, 1.165) is 0 Å². The maximum absolute atomic E-state index is 4.11. The lowest BCUT2D eigenvalue weighted by molar-refractivity contribution is 0.143. The molecule has 0 saturated carbocycles. The van der Waals surface area contributed by atoms with Crippen LogP contribution in [-0.4, -0.2) is 23.5 Å². The Morgan fingerprint density at radius 1 is 1.53 bits per heavy atom. The van der Waals surface area contributed by atoms with Gasteiger partial charge in [-0.05, 0) is 52.5 Å². The molecule has 0 spiro atoms. The molecule has 2 aliphatic heterocycles. The van der Waals surface area contributed by atoms with Gasteiger partial charge in [-0.15, -0.1) is 6.58 Å². The highest BCUT2D eigenvalue weighted by Crippen LogP contribution is 2.41. The van der Waals surface area contributed by atoms with Gasteiger partial charge in [0.2, 0.25) is 0 Å². The summed E-state index contributed by atoms with van der Waals surface area (Å²) in [5.74, 6) is 0. The average Bonchev–Trinajstić information content (AvgIpc) is 2.41. The quantitative estimate of drug-likeness (QED) is 0.623. The molecule has 2 rings (SSSR count). The van der Waals surface area contributed by atoms with Crippen LogP contribution >= 0.6 is 0 Å². The molecule has 1 heteroatoms. The van der Waals surface area contributed by atoms with Gasteiger partial charge in [0, 0.05) is 12.1 Å². The lowest BCUT2D eigenvalue weighted by Crippen LogP contribution is -2.43. The van der Waals surface area contributed by atoms with Crippen molar-refractivity contribution < 1.29 is 0 Å². The normalized spacial score (nSPS) is 32.0. The lowest BCUT2D eigenvalue weighted by Gasteiger charge is -2.38. The van der Waals surface area contributed by atoms with E-state index in [1.54, 1.807) is 5.57 Å². The predicted molar refractivity (Wildman–Crippen MR) is 66.0 cm³/mol. The first kappa shape index (κ1) is 10.9. The van der Waals surface area contributed by atoms with Crippen molar-refractivity contribution in [2.45, 2.75) is 51.5 Å². The zero-order valence-corrected chi connectivity index (χ0v) is 10.2. The summed E-state index contributed by atoms with van der Waals surface area (Å²) in [6.07, 6.45) is 8.87. The Bertz CT molecular complexity index is 290. The Balaban J connectivity index is 2.22. The zero-order chi connectivity index (χ0) is 10.9. The predicted octanol–water partition coefficient (Wildman–Crippen LogP) is 3.53. The Kier molecular flexibility index (Phi) is 3.01. The first-order chi connectivity index (χ1) is 7.12. The van der Waals surface area contributed by atoms with Gasteiger partial charge in [0.15, 0.2) is 0 Å². The van der Waals surface area contributed by atoms with Gasteiger partial charge in [0.25, 0.3) is 0 Å². The van der Waals surface area contributed by atoms with Crippen LogP contribution in [0.25, 0.3) is 0 Å². The highest BCUT2D eigenvalue weighted by molar-refractivity contribution is 5.15. The number of fused-ring (bicyclic) bond motifs is 1. The summed E-state index contributed by atoms with van der Waals surface area (Å²) in [7, 11) is 0. The molecular formula is C14H23N. The van der Waals surface area contributed by atoms with Gasteiger partial charge < -0.3 is 0 Å². The fourth-order valence-electron chi connectivity index (χ4n) is 3.43. The summed E-state index contributed by atoms with van der Waals surface area (Å²) in [6.45, 7) is 11.1. The van der Waals surface area contributed by atoms with Gasteiger partial charge in [0.1, 0.15) is 0 Å². The molecule has 84 valence electrons. The van der Waals surface area contributed by atoms with E-state index in [4.69, 9.17) is 0 Å². The van der Waals surface area contributed by atoms with Crippen LogP contribution < -0.4 is 0 Å². The summed E-state index contributed by atoms with van der Waals surface area (Å²) in [5, 5.41) is 0. The lowest BCUT2D eigenvalue weighted by atomic mass is 9.83. The van der Waals surface area contributed by atoms with Gasteiger partial charge in [0.05, 0.1) is 0 Å². The van der Waals surface area contributed by atoms with Crippen LogP contribution in [0.5, 0.6) is 0 Å². The number of nitrogens with zero attached hydrogens (tertiary/aromatic N) is 1. The van der Waals surface area contributed by atoms with Crippen LogP contribution in [0.4, 0.5) is 0 Å². The molecule has 15 heavy (non-hydrogen) atoms. The minimum Gasteiger partial charge on any atom is -0.297 e. The Morgan fingerprint density at radius 2 is 2.33 bits per heavy atom. The van der Waals surface area contributed by atoms with Crippen molar-refractivity contribution in [1.82, 2.24) is 4.90 Å². The number of rotatable bonds is 2. The number of hydrogen-bond donors (Lipinski definition) is 0. The first-order valence-electron chi connectivity index (χ1n) is 6.17. The van der Waals surface area contributed by atoms with E-state index in [2.05, 4.69) is 31.4 Å². The number of hydrogen-bond acceptors (Lipinski definition) is 1. The summed E-state index contributed by atoms with van der Waals surface area (Å²) in [5.41, 5.74) is 3.36. The molecule has 0 N–H and O–H groups in total. The molecule has 0 aliphatic carbocycles. The highest BCUT2D eigenvalue weighted by atomic mass is 15.2. The second-order valence-electron chi connectivity index (χ2n) is 5.46. The molecule has 0 aromatic heterocycles. The van der Waals surface area contributed by atoms with E-state index in [0.29, 0.717) is 5.54 Å². The summed E-state index contributed by atoms with van der Waals surface area (Å²) < 4.78 is 0. The molecule has 0 aromatic carbocycles. The van der Waals surface area contributed by atoms with Crippen molar-refractivity contribution in [1.29, 1.82) is 0 Å². The third-order valence-electron chi connectivity index (χ3n) is 3.87. The molecule has 0 unspecified atom stereocenters. The molecule has 0 radical (unpaired) electrons. The van der Waals surface area contributed by atoms with E-state index in [1.807, 2.05) is 0 Å². The summed E-state index contributed by atoms with van der Waals surface area (Å²) in [6, 6.07) is 0. The van der Waals surface area contributed by atoms with Crippen molar-refractivity contribution in [3.05, 3.63) is 23.8 Å². The Morgan fingerprint density at radius 3 is 3.07 bits per heavy atom. The molecule has 2 aliphatic rings. The molecule has 1 fully saturated rings. The van der Waals surface area contributed by atoms with Crippen molar-refractivity contribution in [3.63, 3.8) is 0 Å². The molecule has 1 saturated heterocycles. The Labute approximate surface area is 93.9 Å². The molecule has 0 amide bonds. The van der Waals surface area contributed by atoms with Crippen LogP contribution in [0, 0.1) is 0 Å². The third kappa shape index (κ3) is 2.17. The topological polar surface area (TPSA) is 3.24 Å². The monoisotopic (exact) mass is 205 g/mol. The van der Waals surface area contributed by atoms with Crippen molar-refractivity contribution in [2.24, 2.45) is 0 Å². The smallest absolute Gasteiger partial charge is 0.0283 e. The third-order valence-corrected chi connectivity index (χ3v) is 3.87. The summed E-state index contributed by atoms with van der Waals surface area (Å²) >= 11 is 0. The van der Waals surface area contributed by atoms with E-state index in [9.17, 15) is 0 Å². The van der Waals surface area contributed by atoms with Crippen LogP contribution in [0.3, 0.4) is 0 Å². The molecular weight excluding hydrogens is 182 g/mol.